The summed E-state index contributed by atoms with van der Waals surface area (Å²) in [7, 11) is 2.86. The fourth-order valence-corrected chi connectivity index (χ4v) is 8.78. The zero-order valence-electron chi connectivity index (χ0n) is 38.8. The molecule has 3 aliphatic rings. The van der Waals surface area contributed by atoms with Gasteiger partial charge in [-0.15, -0.1) is 22.6 Å². The van der Waals surface area contributed by atoms with Crippen molar-refractivity contribution in [2.24, 2.45) is 45.7 Å². The van der Waals surface area contributed by atoms with Crippen LogP contribution in [0.3, 0.4) is 0 Å². The van der Waals surface area contributed by atoms with Crippen LogP contribution in [0, 0.1) is 47.9 Å². The maximum absolute atomic E-state index is 14.0. The predicted octanol–water partition coefficient (Wildman–Crippen LogP) is 9.73. The van der Waals surface area contributed by atoms with Gasteiger partial charge in [0.1, 0.15) is 24.4 Å². The Morgan fingerprint density at radius 2 is 1.69 bits per heavy atom. The second-order valence-corrected chi connectivity index (χ2v) is 18.0. The first-order valence-corrected chi connectivity index (χ1v) is 21.9. The average molecular weight is 899 g/mol. The molecule has 0 saturated carbocycles. The van der Waals surface area contributed by atoms with E-state index in [1.807, 2.05) is 67.5 Å². The van der Waals surface area contributed by atoms with Crippen LogP contribution in [-0.2, 0) is 43.7 Å². The summed E-state index contributed by atoms with van der Waals surface area (Å²) in [5.74, 6) is -3.00. The molecule has 1 aromatic rings. The van der Waals surface area contributed by atoms with Gasteiger partial charge >= 0.3 is 29.7 Å². The molecule has 0 amide bonds. The molecular weight excluding hydrogens is 834 g/mol. The Hall–Kier alpha value is -4.78. The lowest BCUT2D eigenvalue weighted by atomic mass is 9.77. The van der Waals surface area contributed by atoms with Crippen LogP contribution in [-0.4, -0.2) is 79.7 Å². The minimum Gasteiger partial charge on any atom is -0.490 e. The number of allylic oxidation sites excluding steroid dienone is 5. The van der Waals surface area contributed by atoms with Gasteiger partial charge < -0.3 is 33.5 Å². The number of hydrogen-bond donors (Lipinski definition) is 1. The smallest absolute Gasteiger partial charge is 0.442 e. The van der Waals surface area contributed by atoms with Crippen LogP contribution in [0.4, 0.5) is 13.2 Å². The largest absolute Gasteiger partial charge is 0.490 e. The highest BCUT2D eigenvalue weighted by Gasteiger charge is 2.65. The molecule has 12 nitrogen and oxygen atoms in total. The fourth-order valence-electron chi connectivity index (χ4n) is 8.78. The molecule has 0 unspecified atom stereocenters. The van der Waals surface area contributed by atoms with E-state index in [2.05, 4.69) is 16.1 Å². The third-order valence-electron chi connectivity index (χ3n) is 12.4. The normalized spacial score (nSPS) is 32.8. The number of nitrogens with zero attached hydrogens (tertiary/aromatic N) is 2. The Morgan fingerprint density at radius 1 is 1.03 bits per heavy atom. The number of methoxy groups -OCH3 is 2. The van der Waals surface area contributed by atoms with Crippen LogP contribution in [0.2, 0.25) is 0 Å². The molecule has 1 N–H and O–H groups in total. The predicted molar refractivity (Wildman–Crippen MR) is 233 cm³/mol. The lowest BCUT2D eigenvalue weighted by molar-refractivity contribution is -0.319. The quantitative estimate of drug-likeness (QED) is 0.115. The van der Waals surface area contributed by atoms with Gasteiger partial charge in [0.25, 0.3) is 0 Å². The van der Waals surface area contributed by atoms with Crippen molar-refractivity contribution in [2.45, 2.75) is 143 Å². The second kappa shape index (κ2) is 21.9. The minimum absolute atomic E-state index is 0.0000988. The summed E-state index contributed by atoms with van der Waals surface area (Å²) >= 11 is 0. The number of esters is 3. The monoisotopic (exact) mass is 898 g/mol. The number of carbonyl (C=O) groups is 3. The van der Waals surface area contributed by atoms with Crippen molar-refractivity contribution >= 4 is 17.9 Å². The summed E-state index contributed by atoms with van der Waals surface area (Å²) in [6, 6.07) is 4.88. The summed E-state index contributed by atoms with van der Waals surface area (Å²) in [6.07, 6.45) is 7.35. The highest BCUT2D eigenvalue weighted by Crippen LogP contribution is 2.52. The lowest BCUT2D eigenvalue weighted by Gasteiger charge is -2.49. The third kappa shape index (κ3) is 12.7. The lowest BCUT2D eigenvalue weighted by Crippen LogP contribution is -2.57. The van der Waals surface area contributed by atoms with E-state index in [9.17, 15) is 32.7 Å². The number of benzene rings is 1. The zero-order chi connectivity index (χ0) is 47.7. The summed E-state index contributed by atoms with van der Waals surface area (Å²) < 4.78 is 76.9. The molecular formula is C49H65F3N2O10. The van der Waals surface area contributed by atoms with Crippen molar-refractivity contribution in [3.8, 4) is 12.3 Å². The van der Waals surface area contributed by atoms with Gasteiger partial charge in [-0.05, 0) is 62.7 Å². The molecule has 1 aromatic carbocycles. The maximum atomic E-state index is 14.0. The van der Waals surface area contributed by atoms with E-state index >= 15 is 0 Å². The van der Waals surface area contributed by atoms with Gasteiger partial charge in [-0.3, -0.25) is 4.79 Å². The van der Waals surface area contributed by atoms with E-state index in [4.69, 9.17) is 34.8 Å². The molecule has 11 atom stereocenters. The van der Waals surface area contributed by atoms with E-state index in [0.717, 1.165) is 5.57 Å². The van der Waals surface area contributed by atoms with Crippen LogP contribution in [0.1, 0.15) is 110 Å². The molecule has 64 heavy (non-hydrogen) atoms. The number of cyclic esters (lactones) is 1. The third-order valence-corrected chi connectivity index (χ3v) is 12.4. The Bertz CT molecular complexity index is 1990. The van der Waals surface area contributed by atoms with E-state index in [1.165, 1.54) is 44.6 Å². The topological polar surface area (TPSA) is 152 Å². The van der Waals surface area contributed by atoms with Crippen LogP contribution in [0.15, 0.2) is 81.8 Å². The van der Waals surface area contributed by atoms with Gasteiger partial charge in [-0.1, -0.05) is 96.0 Å². The molecule has 1 saturated heterocycles. The van der Waals surface area contributed by atoms with Crippen molar-refractivity contribution < 1.29 is 61.1 Å². The number of rotatable bonds is 13. The minimum atomic E-state index is -4.70. The number of alkyl halides is 3. The number of carbonyl (C=O) groups excluding carboxylic acids is 3. The summed E-state index contributed by atoms with van der Waals surface area (Å²) in [6.45, 7) is 17.2. The first kappa shape index (κ1) is 51.9. The van der Waals surface area contributed by atoms with Crippen LogP contribution in [0.25, 0.3) is 0 Å². The summed E-state index contributed by atoms with van der Waals surface area (Å²) in [4.78, 5) is 40.2. The van der Waals surface area contributed by atoms with Gasteiger partial charge in [-0.2, -0.15) is 13.2 Å². The molecule has 3 heterocycles. The van der Waals surface area contributed by atoms with Crippen molar-refractivity contribution in [1.82, 2.24) is 0 Å². The molecule has 0 radical (unpaired) electrons. The highest BCUT2D eigenvalue weighted by molar-refractivity contribution is 5.89. The molecule has 352 valence electrons. The number of aliphatic hydroxyl groups is 1. The van der Waals surface area contributed by atoms with Crippen LogP contribution < -0.4 is 0 Å². The number of ether oxygens (including phenoxy) is 6. The van der Waals surface area contributed by atoms with Gasteiger partial charge in [0.2, 0.25) is 5.76 Å². The highest BCUT2D eigenvalue weighted by atomic mass is 19.4. The summed E-state index contributed by atoms with van der Waals surface area (Å²) in [5.41, 5.74) is -1.20. The second-order valence-electron chi connectivity index (χ2n) is 18.0. The van der Waals surface area contributed by atoms with Crippen molar-refractivity contribution in [3.05, 3.63) is 82.7 Å². The molecule has 0 spiro atoms. The molecule has 15 heteroatoms. The van der Waals surface area contributed by atoms with Gasteiger partial charge in [0.05, 0.1) is 25.2 Å². The Kier molecular flexibility index (Phi) is 17.8. The molecule has 1 fully saturated rings. The van der Waals surface area contributed by atoms with Crippen molar-refractivity contribution in [1.29, 1.82) is 0 Å². The average Bonchev–Trinajstić information content (AvgIpc) is 4.05. The van der Waals surface area contributed by atoms with Crippen LogP contribution in [0.5, 0.6) is 0 Å². The van der Waals surface area contributed by atoms with Gasteiger partial charge in [0.15, 0.2) is 5.79 Å². The summed E-state index contributed by atoms with van der Waals surface area (Å²) in [5, 5.41) is 18.6. The van der Waals surface area contributed by atoms with Crippen molar-refractivity contribution in [3.63, 3.8) is 0 Å². The van der Waals surface area contributed by atoms with E-state index in [0.29, 0.717) is 18.4 Å². The molecule has 0 aromatic heterocycles. The van der Waals surface area contributed by atoms with Gasteiger partial charge in [0, 0.05) is 43.3 Å². The molecule has 4 rings (SSSR count). The zero-order valence-corrected chi connectivity index (χ0v) is 38.8. The van der Waals surface area contributed by atoms with E-state index in [1.54, 1.807) is 19.1 Å². The Balaban J connectivity index is 1.60. The van der Waals surface area contributed by atoms with Crippen molar-refractivity contribution in [2.75, 3.05) is 14.2 Å². The number of terminal acetylenes is 1. The van der Waals surface area contributed by atoms with E-state index in [-0.39, 0.29) is 53.9 Å². The first-order chi connectivity index (χ1) is 30.0. The maximum Gasteiger partial charge on any atom is 0.442 e. The van der Waals surface area contributed by atoms with Gasteiger partial charge in [-0.25, -0.2) is 9.59 Å². The Labute approximate surface area is 375 Å². The molecule has 0 aliphatic carbocycles. The first-order valence-electron chi connectivity index (χ1n) is 21.9. The van der Waals surface area contributed by atoms with Crippen LogP contribution >= 0.6 is 0 Å². The van der Waals surface area contributed by atoms with E-state index < -0.39 is 83.8 Å². The number of halogens is 3. The SMILES string of the molecule is C#CCCC(=O)O[C@@H]1C[C@](O)([C@@H](C)C[C@H](C)[C@H]2OC(=O)/C(OC)=C/C(C)=C/[C@@H](C)[C@@H](OC(=O)c3ccc(C4(C(F)(F)F)N=N4)cc3)[C@@H](C)C/C(C)=C/C=C/[C@@H]2OC)O[C@H](C(C)C)[C@H]1C. The standard InChI is InChI=1S/C49H65F3N2O10/c1-13-14-18-41(55)61-40-27-47(58,64-42(28(2)3)35(40)10)34(9)26-33(8)44-38(59-11)17-15-16-29(4)23-31(6)43(32(7)24-30(5)25-39(60-12)46(57)63-44)62-45(56)36-19-21-37(22-20-36)48(53-54-48)49(50,51)52/h1,15-17,19-22,24-25,28,31-35,38,40,42-44,58H,14,18,23,26-27H2,2-12H3/b17-15+,29-16+,30-24+,39-25-/t31-,32+,33-,34-,35-,38-,40+,42+,43-,44+,47+/m0/s1. The molecule has 0 bridgehead atoms. The Morgan fingerprint density at radius 3 is 2.25 bits per heavy atom. The molecule has 3 aliphatic heterocycles. The number of hydrogen-bond acceptors (Lipinski definition) is 12. The fraction of sp³-hybridized carbons (Fsp3) is 0.612.